The number of phenols is 1. The second kappa shape index (κ2) is 11.9. The Balaban J connectivity index is 1.13. The summed E-state index contributed by atoms with van der Waals surface area (Å²) in [6.45, 7) is 1.62. The van der Waals surface area contributed by atoms with Crippen molar-refractivity contribution in [2.45, 2.75) is 25.7 Å². The second-order valence-electron chi connectivity index (χ2n) is 13.6. The minimum absolute atomic E-state index is 0.0356. The zero-order valence-electron chi connectivity index (χ0n) is 27.8. The highest BCUT2D eigenvalue weighted by molar-refractivity contribution is 6.25. The highest BCUT2D eigenvalue weighted by atomic mass is 16.3. The summed E-state index contributed by atoms with van der Waals surface area (Å²) in [6.07, 6.45) is 3.81. The molecule has 4 aromatic rings. The first kappa shape index (κ1) is 31.3. The minimum atomic E-state index is -0.726. The lowest BCUT2D eigenvalue weighted by Gasteiger charge is -2.42. The number of nitrogens with zero attached hydrogens (tertiary/aromatic N) is 4. The third-order valence-electron chi connectivity index (χ3n) is 10.6. The standard InChI is InChI=1S/C41H34N4O5/c1-22-20-34(46)37-33(38(22)47)21-32-29(35(37)30-17-8-23-6-4-5-7-28(23)39(30)48)18-19-31-36(32)41(50)45(40(31)49)27-15-11-25(12-16-27)43-42-24-9-13-26(14-10-24)44(2)3/h4-18,20,31-32,35-36,48H,19,21H2,1-3H3/t31-,32+,35+,36-/m0/s1. The number of rotatable bonds is 5. The van der Waals surface area contributed by atoms with Crippen molar-refractivity contribution in [1.82, 2.24) is 0 Å². The molecule has 50 heavy (non-hydrogen) atoms. The van der Waals surface area contributed by atoms with Gasteiger partial charge in [0.15, 0.2) is 11.6 Å². The molecule has 3 aliphatic carbocycles. The van der Waals surface area contributed by atoms with Gasteiger partial charge in [-0.3, -0.25) is 24.1 Å². The molecule has 0 bridgehead atoms. The van der Waals surface area contributed by atoms with Crippen LogP contribution < -0.4 is 9.80 Å². The van der Waals surface area contributed by atoms with Crippen molar-refractivity contribution < 1.29 is 24.3 Å². The molecule has 0 aromatic heterocycles. The van der Waals surface area contributed by atoms with Gasteiger partial charge in [0.05, 0.1) is 28.9 Å². The predicted molar refractivity (Wildman–Crippen MR) is 191 cm³/mol. The zero-order chi connectivity index (χ0) is 34.8. The van der Waals surface area contributed by atoms with E-state index >= 15 is 0 Å². The molecule has 1 fully saturated rings. The number of fused-ring (bicyclic) bond motifs is 4. The SMILES string of the molecule is CC1=CC(=O)C2=C(C[C@@H]3C(=CC[C@@H]4C(=O)N(c5ccc(N=Nc6ccc(N(C)C)cc6)cc5)C(=O)[C@@H]43)[C@@H]2c2ccc3ccccc3c2O)C1=O. The van der Waals surface area contributed by atoms with Gasteiger partial charge in [-0.15, -0.1) is 0 Å². The molecule has 0 spiro atoms. The number of benzene rings is 4. The molecule has 1 saturated heterocycles. The molecular formula is C41H34N4O5. The third kappa shape index (κ3) is 4.91. The van der Waals surface area contributed by atoms with Crippen LogP contribution in [0.25, 0.3) is 10.8 Å². The van der Waals surface area contributed by atoms with Crippen molar-refractivity contribution >= 4 is 56.9 Å². The van der Waals surface area contributed by atoms with Gasteiger partial charge in [0.2, 0.25) is 11.8 Å². The second-order valence-corrected chi connectivity index (χ2v) is 13.6. The molecule has 9 heteroatoms. The van der Waals surface area contributed by atoms with Gasteiger partial charge in [-0.1, -0.05) is 48.0 Å². The summed E-state index contributed by atoms with van der Waals surface area (Å²) in [5, 5.41) is 21.7. The van der Waals surface area contributed by atoms with Gasteiger partial charge < -0.3 is 10.0 Å². The van der Waals surface area contributed by atoms with Crippen LogP contribution in [0.4, 0.5) is 22.7 Å². The van der Waals surface area contributed by atoms with E-state index in [-0.39, 0.29) is 35.6 Å². The molecule has 0 saturated carbocycles. The van der Waals surface area contributed by atoms with E-state index in [4.69, 9.17) is 0 Å². The lowest BCUT2D eigenvalue weighted by atomic mass is 9.59. The number of anilines is 2. The topological polar surface area (TPSA) is 120 Å². The van der Waals surface area contributed by atoms with Crippen molar-refractivity contribution in [2.75, 3.05) is 23.9 Å². The average Bonchev–Trinajstić information content (AvgIpc) is 3.38. The summed E-state index contributed by atoms with van der Waals surface area (Å²) in [5.74, 6) is -3.66. The van der Waals surface area contributed by atoms with Crippen LogP contribution in [0, 0.1) is 17.8 Å². The van der Waals surface area contributed by atoms with Crippen LogP contribution in [0.15, 0.2) is 130 Å². The van der Waals surface area contributed by atoms with E-state index in [1.807, 2.05) is 79.7 Å². The third-order valence-corrected chi connectivity index (χ3v) is 10.6. The van der Waals surface area contributed by atoms with Crippen molar-refractivity contribution in [3.8, 4) is 5.75 Å². The number of azo groups is 1. The Morgan fingerprint density at radius 3 is 2.18 bits per heavy atom. The fraction of sp³-hybridized carbons (Fsp3) is 0.220. The minimum Gasteiger partial charge on any atom is -0.507 e. The predicted octanol–water partition coefficient (Wildman–Crippen LogP) is 7.66. The van der Waals surface area contributed by atoms with Gasteiger partial charge in [-0.25, -0.2) is 0 Å². The number of hydrogen-bond acceptors (Lipinski definition) is 8. The Bertz CT molecular complexity index is 2260. The largest absolute Gasteiger partial charge is 0.507 e. The molecule has 1 heterocycles. The van der Waals surface area contributed by atoms with Crippen LogP contribution >= 0.6 is 0 Å². The summed E-state index contributed by atoms with van der Waals surface area (Å²) in [6, 6.07) is 25.6. The first-order valence-electron chi connectivity index (χ1n) is 16.7. The fourth-order valence-corrected chi connectivity index (χ4v) is 8.10. The summed E-state index contributed by atoms with van der Waals surface area (Å²) in [4.78, 5) is 58.8. The van der Waals surface area contributed by atoms with Crippen molar-refractivity contribution in [2.24, 2.45) is 28.0 Å². The molecule has 2 amide bonds. The van der Waals surface area contributed by atoms with Gasteiger partial charge >= 0.3 is 0 Å². The fourth-order valence-electron chi connectivity index (χ4n) is 8.10. The van der Waals surface area contributed by atoms with E-state index in [9.17, 15) is 24.3 Å². The maximum absolute atomic E-state index is 14.3. The number of aromatic hydroxyl groups is 1. The molecule has 0 unspecified atom stereocenters. The molecular weight excluding hydrogens is 628 g/mol. The Kier molecular flexibility index (Phi) is 7.44. The summed E-state index contributed by atoms with van der Waals surface area (Å²) < 4.78 is 0. The first-order valence-corrected chi connectivity index (χ1v) is 16.7. The first-order chi connectivity index (χ1) is 24.1. The number of imide groups is 1. The molecule has 1 N–H and O–H groups in total. The summed E-state index contributed by atoms with van der Waals surface area (Å²) in [5.41, 5.74) is 5.10. The number of ketones is 2. The van der Waals surface area contributed by atoms with Crippen LogP contribution in [-0.2, 0) is 19.2 Å². The quantitative estimate of drug-likeness (QED) is 0.101. The smallest absolute Gasteiger partial charge is 0.238 e. The Morgan fingerprint density at radius 1 is 0.800 bits per heavy atom. The van der Waals surface area contributed by atoms with Crippen molar-refractivity contribution in [1.29, 1.82) is 0 Å². The zero-order valence-corrected chi connectivity index (χ0v) is 27.8. The van der Waals surface area contributed by atoms with Crippen LogP contribution in [0.1, 0.15) is 31.2 Å². The molecule has 9 nitrogen and oxygen atoms in total. The number of carbonyl (C=O) groups is 4. The van der Waals surface area contributed by atoms with E-state index in [1.54, 1.807) is 37.3 Å². The lowest BCUT2D eigenvalue weighted by molar-refractivity contribution is -0.123. The molecule has 248 valence electrons. The average molecular weight is 663 g/mol. The molecule has 1 aliphatic heterocycles. The van der Waals surface area contributed by atoms with E-state index in [2.05, 4.69) is 10.2 Å². The van der Waals surface area contributed by atoms with E-state index in [0.29, 0.717) is 51.2 Å². The van der Waals surface area contributed by atoms with Gasteiger partial charge in [0, 0.05) is 53.4 Å². The summed E-state index contributed by atoms with van der Waals surface area (Å²) in [7, 11) is 3.93. The number of phenolic OH excluding ortho intramolecular Hbond substituents is 1. The Morgan fingerprint density at radius 2 is 1.48 bits per heavy atom. The van der Waals surface area contributed by atoms with Gasteiger partial charge in [0.25, 0.3) is 0 Å². The van der Waals surface area contributed by atoms with Crippen LogP contribution in [0.5, 0.6) is 5.75 Å². The number of Topliss-reactive ketones (excluding diaryl/α,β-unsaturated/α-hetero) is 1. The Labute approximate surface area is 288 Å². The monoisotopic (exact) mass is 662 g/mol. The number of allylic oxidation sites excluding steroid dienone is 6. The molecule has 4 atom stereocenters. The van der Waals surface area contributed by atoms with E-state index in [1.165, 1.54) is 11.0 Å². The molecule has 8 rings (SSSR count). The number of hydrogen-bond donors (Lipinski definition) is 1. The highest BCUT2D eigenvalue weighted by Crippen LogP contribution is 2.56. The molecule has 4 aliphatic rings. The van der Waals surface area contributed by atoms with Crippen LogP contribution in [-0.4, -0.2) is 42.6 Å². The van der Waals surface area contributed by atoms with Gasteiger partial charge in [-0.05, 0) is 85.7 Å². The highest BCUT2D eigenvalue weighted by Gasteiger charge is 2.56. The molecule has 4 aromatic carbocycles. The normalized spacial score (nSPS) is 23.2. The van der Waals surface area contributed by atoms with Gasteiger partial charge in [0.1, 0.15) is 5.75 Å². The Hall–Kier alpha value is -5.96. The van der Waals surface area contributed by atoms with Crippen molar-refractivity contribution in [3.05, 3.63) is 125 Å². The van der Waals surface area contributed by atoms with Crippen LogP contribution in [0.2, 0.25) is 0 Å². The van der Waals surface area contributed by atoms with Gasteiger partial charge in [-0.2, -0.15) is 10.2 Å². The van der Waals surface area contributed by atoms with E-state index in [0.717, 1.165) is 16.6 Å². The lowest BCUT2D eigenvalue weighted by Crippen LogP contribution is -2.39. The van der Waals surface area contributed by atoms with Crippen LogP contribution in [0.3, 0.4) is 0 Å². The van der Waals surface area contributed by atoms with Crippen molar-refractivity contribution in [3.63, 3.8) is 0 Å². The van der Waals surface area contributed by atoms with E-state index < -0.39 is 23.7 Å². The maximum Gasteiger partial charge on any atom is 0.238 e. The summed E-state index contributed by atoms with van der Waals surface area (Å²) >= 11 is 0. The maximum atomic E-state index is 14.3. The number of carbonyl (C=O) groups excluding carboxylic acids is 4. The number of amides is 2. The molecule has 0 radical (unpaired) electrons.